The Bertz CT molecular complexity index is 1030. The van der Waals surface area contributed by atoms with Gasteiger partial charge in [0.1, 0.15) is 18.2 Å². The van der Waals surface area contributed by atoms with E-state index in [1.54, 1.807) is 11.5 Å². The molecule has 2 N–H and O–H groups in total. The highest BCUT2D eigenvalue weighted by Gasteiger charge is 2.27. The Balaban J connectivity index is 1.47. The van der Waals surface area contributed by atoms with Crippen LogP contribution in [-0.2, 0) is 20.4 Å². The first kappa shape index (κ1) is 35.5. The third-order valence-corrected chi connectivity index (χ3v) is 8.31. The van der Waals surface area contributed by atoms with Gasteiger partial charge in [-0.1, -0.05) is 90.4 Å². The van der Waals surface area contributed by atoms with E-state index in [0.717, 1.165) is 19.3 Å². The predicted octanol–water partition coefficient (Wildman–Crippen LogP) is 7.63. The molecule has 2 atom stereocenters. The lowest BCUT2D eigenvalue weighted by Gasteiger charge is -2.25. The van der Waals surface area contributed by atoms with Gasteiger partial charge in [-0.2, -0.15) is 0 Å². The molecule has 0 saturated carbocycles. The van der Waals surface area contributed by atoms with Crippen molar-refractivity contribution in [2.45, 2.75) is 142 Å². The molecule has 0 fully saturated rings. The summed E-state index contributed by atoms with van der Waals surface area (Å²) in [5, 5.41) is 0. The van der Waals surface area contributed by atoms with Crippen LogP contribution in [0.2, 0.25) is 0 Å². The third-order valence-electron chi connectivity index (χ3n) is 7.27. The molecule has 236 valence electrons. The highest BCUT2D eigenvalue weighted by atomic mass is 31.2. The van der Waals surface area contributed by atoms with E-state index in [1.165, 1.54) is 76.9 Å². The fourth-order valence-electron chi connectivity index (χ4n) is 4.86. The van der Waals surface area contributed by atoms with Gasteiger partial charge in [0.15, 0.2) is 19.1 Å². The second-order valence-corrected chi connectivity index (χ2v) is 12.9. The van der Waals surface area contributed by atoms with Gasteiger partial charge in [-0.25, -0.2) is 23.7 Å². The van der Waals surface area contributed by atoms with Crippen molar-refractivity contribution in [3.05, 3.63) is 12.7 Å². The van der Waals surface area contributed by atoms with E-state index in [2.05, 4.69) is 21.9 Å². The molecule has 0 saturated heterocycles. The molecule has 0 aliphatic heterocycles. The molecule has 0 spiro atoms. The van der Waals surface area contributed by atoms with Crippen molar-refractivity contribution in [3.8, 4) is 0 Å². The van der Waals surface area contributed by atoms with Crippen molar-refractivity contribution in [1.82, 2.24) is 19.5 Å². The van der Waals surface area contributed by atoms with Gasteiger partial charge in [0, 0.05) is 12.8 Å². The van der Waals surface area contributed by atoms with Crippen LogP contribution in [0, 0.1) is 0 Å². The first-order valence-electron chi connectivity index (χ1n) is 15.5. The largest absolute Gasteiger partial charge is 0.777 e. The molecule has 1 unspecified atom stereocenters. The minimum atomic E-state index is -4.31. The molecule has 2 aromatic heterocycles. The van der Waals surface area contributed by atoms with Crippen LogP contribution >= 0.6 is 7.60 Å². The second-order valence-electron chi connectivity index (χ2n) is 11.2. The number of ether oxygens (including phenoxy) is 1. The smallest absolute Gasteiger partial charge is 0.248 e. The summed E-state index contributed by atoms with van der Waals surface area (Å²) in [5.74, 6) is -2.55. The van der Waals surface area contributed by atoms with E-state index in [0.29, 0.717) is 24.1 Å². The van der Waals surface area contributed by atoms with Crippen molar-refractivity contribution in [2.75, 3.05) is 18.7 Å². The van der Waals surface area contributed by atoms with E-state index in [1.807, 2.05) is 0 Å². The summed E-state index contributed by atoms with van der Waals surface area (Å²) in [4.78, 5) is 24.4. The fraction of sp³-hybridized carbons (Fsp3) is 0.828. The first-order valence-corrected chi connectivity index (χ1v) is 17.2. The van der Waals surface area contributed by atoms with Crippen molar-refractivity contribution in [3.63, 3.8) is 0 Å². The SMILES string of the molecule is CCCCCCCCCCCCCCCCC(F)(F)CCCOP(=O)([O-])CO[C@H](C)Cn1cnc2c(N)ncnc21. The Kier molecular flexibility index (Phi) is 16.9. The normalized spacial score (nSPS) is 14.5. The van der Waals surface area contributed by atoms with Crippen molar-refractivity contribution >= 4 is 24.6 Å². The zero-order valence-electron chi connectivity index (χ0n) is 25.1. The summed E-state index contributed by atoms with van der Waals surface area (Å²) in [6, 6.07) is 0. The summed E-state index contributed by atoms with van der Waals surface area (Å²) < 4.78 is 52.6. The number of nitrogen functional groups attached to an aromatic ring is 1. The van der Waals surface area contributed by atoms with Gasteiger partial charge >= 0.3 is 0 Å². The number of fused-ring (bicyclic) bond motifs is 1. The molecule has 0 amide bonds. The molecule has 2 aromatic rings. The van der Waals surface area contributed by atoms with Gasteiger partial charge in [-0.05, 0) is 19.8 Å². The predicted molar refractivity (Wildman–Crippen MR) is 158 cm³/mol. The minimum Gasteiger partial charge on any atom is -0.777 e. The number of rotatable bonds is 25. The molecule has 2 heterocycles. The van der Waals surface area contributed by atoms with Gasteiger partial charge in [0.25, 0.3) is 0 Å². The molecule has 41 heavy (non-hydrogen) atoms. The number of imidazole rings is 1. The molecule has 0 radical (unpaired) electrons. The Morgan fingerprint density at radius 2 is 1.49 bits per heavy atom. The van der Waals surface area contributed by atoms with Crippen LogP contribution in [0.5, 0.6) is 0 Å². The van der Waals surface area contributed by atoms with Crippen LogP contribution < -0.4 is 10.6 Å². The van der Waals surface area contributed by atoms with Crippen LogP contribution in [0.1, 0.15) is 123 Å². The van der Waals surface area contributed by atoms with Crippen LogP contribution in [0.3, 0.4) is 0 Å². The van der Waals surface area contributed by atoms with Crippen molar-refractivity contribution in [2.24, 2.45) is 0 Å². The molecular formula is C29H51F2N5O4P-. The molecular weight excluding hydrogens is 551 g/mol. The number of halogens is 2. The van der Waals surface area contributed by atoms with E-state index < -0.39 is 26.0 Å². The Labute approximate surface area is 244 Å². The van der Waals surface area contributed by atoms with Crippen LogP contribution in [0.15, 0.2) is 12.7 Å². The molecule has 12 heteroatoms. The quantitative estimate of drug-likeness (QED) is 0.0907. The van der Waals surface area contributed by atoms with Crippen molar-refractivity contribution < 1.29 is 27.5 Å². The highest BCUT2D eigenvalue weighted by Crippen LogP contribution is 2.38. The monoisotopic (exact) mass is 602 g/mol. The summed E-state index contributed by atoms with van der Waals surface area (Å²) in [5.41, 5.74) is 6.75. The standard InChI is InChI=1S/C29H52F2N5O4P/c1-3-4-5-6-7-8-9-10-11-12-13-14-15-16-18-29(30,31)19-17-20-40-41(37,38)24-39-25(2)21-36-23-35-26-27(32)33-22-34-28(26)36/h22-23,25H,3-21,24H2,1-2H3,(H,37,38)(H2,32,33,34)/p-1/t25-/m1/s1. The second kappa shape index (κ2) is 19.5. The molecule has 0 aliphatic carbocycles. The van der Waals surface area contributed by atoms with E-state index in [9.17, 15) is 18.2 Å². The molecule has 0 aliphatic rings. The highest BCUT2D eigenvalue weighted by molar-refractivity contribution is 7.51. The zero-order valence-corrected chi connectivity index (χ0v) is 26.0. The Morgan fingerprint density at radius 3 is 2.10 bits per heavy atom. The van der Waals surface area contributed by atoms with Gasteiger partial charge in [0.2, 0.25) is 5.92 Å². The maximum atomic E-state index is 14.2. The summed E-state index contributed by atoms with van der Waals surface area (Å²) in [6.07, 6.45) is 17.6. The summed E-state index contributed by atoms with van der Waals surface area (Å²) in [7, 11) is -4.31. The van der Waals surface area contributed by atoms with Crippen molar-refractivity contribution in [1.29, 1.82) is 0 Å². The molecule has 2 rings (SSSR count). The van der Waals surface area contributed by atoms with Crippen LogP contribution in [0.4, 0.5) is 14.6 Å². The molecule has 9 nitrogen and oxygen atoms in total. The van der Waals surface area contributed by atoms with Crippen LogP contribution in [0.25, 0.3) is 11.2 Å². The first-order chi connectivity index (χ1) is 19.6. The molecule has 0 aromatic carbocycles. The molecule has 0 bridgehead atoms. The Hall–Kier alpha value is -1.68. The number of alkyl halides is 2. The average Bonchev–Trinajstić information content (AvgIpc) is 3.34. The van der Waals surface area contributed by atoms with E-state index >= 15 is 0 Å². The lowest BCUT2D eigenvalue weighted by molar-refractivity contribution is -0.205. The van der Waals surface area contributed by atoms with E-state index in [4.69, 9.17) is 15.0 Å². The lowest BCUT2D eigenvalue weighted by Crippen LogP contribution is -2.21. The topological polar surface area (TPSA) is 128 Å². The van der Waals surface area contributed by atoms with Gasteiger partial charge in [-0.15, -0.1) is 0 Å². The number of anilines is 1. The maximum Gasteiger partial charge on any atom is 0.248 e. The maximum absolute atomic E-state index is 14.2. The number of unbranched alkanes of at least 4 members (excludes halogenated alkanes) is 13. The summed E-state index contributed by atoms with van der Waals surface area (Å²) >= 11 is 0. The van der Waals surface area contributed by atoms with Crippen LogP contribution in [-0.4, -0.2) is 44.5 Å². The van der Waals surface area contributed by atoms with Gasteiger partial charge < -0.3 is 29.0 Å². The number of hydrogen-bond donors (Lipinski definition) is 1. The average molecular weight is 603 g/mol. The van der Waals surface area contributed by atoms with E-state index in [-0.39, 0.29) is 31.7 Å². The number of nitrogens with two attached hydrogens (primary N) is 1. The number of aromatic nitrogens is 4. The third kappa shape index (κ3) is 15.4. The Morgan fingerprint density at radius 1 is 0.927 bits per heavy atom. The van der Waals surface area contributed by atoms with Gasteiger partial charge in [0.05, 0.1) is 25.6 Å². The number of nitrogens with zero attached hydrogens (tertiary/aromatic N) is 4. The fourth-order valence-corrected chi connectivity index (χ4v) is 5.77. The summed E-state index contributed by atoms with van der Waals surface area (Å²) in [6.45, 7) is 3.95. The zero-order chi connectivity index (χ0) is 30.0. The minimum absolute atomic E-state index is 0.0322. The van der Waals surface area contributed by atoms with Gasteiger partial charge in [-0.3, -0.25) is 0 Å². The lowest BCUT2D eigenvalue weighted by atomic mass is 10.0. The number of hydrogen-bond acceptors (Lipinski definition) is 8.